The second-order valence-corrected chi connectivity index (χ2v) is 9.37. The quantitative estimate of drug-likeness (QED) is 0.349. The fraction of sp³-hybridized carbons (Fsp3) is 0.346. The number of halogens is 4. The molecule has 2 aromatic heterocycles. The molecule has 7 nitrogen and oxygen atoms in total. The molecule has 1 saturated carbocycles. The molecule has 1 atom stereocenters. The number of aromatic nitrogens is 3. The average Bonchev–Trinajstić information content (AvgIpc) is 3.71. The third kappa shape index (κ3) is 3.84. The Balaban J connectivity index is 1.69. The van der Waals surface area contributed by atoms with Crippen LogP contribution >= 0.6 is 0 Å². The van der Waals surface area contributed by atoms with Gasteiger partial charge >= 0.3 is 6.01 Å². The summed E-state index contributed by atoms with van der Waals surface area (Å²) < 4.78 is 69.3. The van der Waals surface area contributed by atoms with E-state index < -0.39 is 30.6 Å². The van der Waals surface area contributed by atoms with Crippen molar-refractivity contribution < 1.29 is 32.1 Å². The number of nitrogens with zero attached hydrogens (tertiary/aromatic N) is 4. The number of rotatable bonds is 5. The van der Waals surface area contributed by atoms with E-state index in [1.165, 1.54) is 36.3 Å². The van der Waals surface area contributed by atoms with Gasteiger partial charge in [0.15, 0.2) is 5.82 Å². The summed E-state index contributed by atoms with van der Waals surface area (Å²) >= 11 is 0. The van der Waals surface area contributed by atoms with Crippen molar-refractivity contribution in [2.24, 2.45) is 0 Å². The number of anilines is 1. The van der Waals surface area contributed by atoms with Gasteiger partial charge in [-0.1, -0.05) is 6.07 Å². The Bertz CT molecular complexity index is 1560. The molecule has 0 bridgehead atoms. The van der Waals surface area contributed by atoms with Crippen molar-refractivity contribution in [3.63, 3.8) is 0 Å². The van der Waals surface area contributed by atoms with E-state index in [1.54, 1.807) is 6.92 Å². The van der Waals surface area contributed by atoms with Crippen molar-refractivity contribution in [3.8, 4) is 28.9 Å². The van der Waals surface area contributed by atoms with Crippen LogP contribution < -0.4 is 14.4 Å². The predicted molar refractivity (Wildman–Crippen MR) is 129 cm³/mol. The van der Waals surface area contributed by atoms with E-state index in [-0.39, 0.29) is 58.1 Å². The van der Waals surface area contributed by atoms with E-state index in [0.717, 1.165) is 12.8 Å². The van der Waals surface area contributed by atoms with Gasteiger partial charge in [0.2, 0.25) is 5.88 Å². The number of phenolic OH excluding ortho intramolecular Hbond substituents is 1. The number of hydrogen-bond donors (Lipinski definition) is 1. The Morgan fingerprint density at radius 1 is 1.14 bits per heavy atom. The number of hydrogen-bond acceptors (Lipinski definition) is 7. The second kappa shape index (κ2) is 8.60. The number of benzene rings is 2. The number of fused-ring (bicyclic) bond motifs is 1. The normalized spacial score (nSPS) is 17.4. The average molecular weight is 514 g/mol. The second-order valence-electron chi connectivity index (χ2n) is 9.37. The number of ether oxygens (including phenoxy) is 2. The summed E-state index contributed by atoms with van der Waals surface area (Å²) in [6.07, 6.45) is -1.10. The molecule has 0 saturated heterocycles. The Kier molecular flexibility index (Phi) is 5.46. The molecule has 1 N–H and O–H groups in total. The Hall–Kier alpha value is -3.89. The lowest BCUT2D eigenvalue weighted by atomic mass is 9.93. The van der Waals surface area contributed by atoms with E-state index in [4.69, 9.17) is 9.47 Å². The molecule has 11 heteroatoms. The van der Waals surface area contributed by atoms with Crippen LogP contribution in [0, 0.1) is 11.6 Å². The summed E-state index contributed by atoms with van der Waals surface area (Å²) in [6, 6.07) is 4.92. The van der Waals surface area contributed by atoms with Gasteiger partial charge in [0, 0.05) is 5.56 Å². The van der Waals surface area contributed by atoms with Crippen molar-refractivity contribution in [1.29, 1.82) is 0 Å². The highest BCUT2D eigenvalue weighted by Gasteiger charge is 2.34. The van der Waals surface area contributed by atoms with E-state index in [0.29, 0.717) is 16.3 Å². The SMILES string of the molecule is COc1nc2c3c(nc(-c4cc(O)cc5ccc(F)c(C6CC6)c45)c(F)c3n1)OC[C@H](C)N2CC(F)F. The Labute approximate surface area is 208 Å². The van der Waals surface area contributed by atoms with Crippen LogP contribution in [0.5, 0.6) is 17.6 Å². The zero-order valence-electron chi connectivity index (χ0n) is 19.9. The molecule has 37 heavy (non-hydrogen) atoms. The molecule has 0 amide bonds. The minimum atomic E-state index is -2.69. The fourth-order valence-electron chi connectivity index (χ4n) is 5.01. The first-order valence-corrected chi connectivity index (χ1v) is 11.8. The predicted octanol–water partition coefficient (Wildman–Crippen LogP) is 5.57. The molecule has 0 spiro atoms. The summed E-state index contributed by atoms with van der Waals surface area (Å²) in [5.41, 5.74) is 0.170. The smallest absolute Gasteiger partial charge is 0.318 e. The van der Waals surface area contributed by atoms with Crippen molar-refractivity contribution in [2.45, 2.75) is 38.2 Å². The molecule has 1 aliphatic heterocycles. The first kappa shape index (κ1) is 23.5. The van der Waals surface area contributed by atoms with E-state index >= 15 is 8.78 Å². The van der Waals surface area contributed by atoms with Gasteiger partial charge in [-0.15, -0.1) is 0 Å². The monoisotopic (exact) mass is 514 g/mol. The molecule has 4 aromatic rings. The summed E-state index contributed by atoms with van der Waals surface area (Å²) in [4.78, 5) is 14.2. The molecule has 0 unspecified atom stereocenters. The molecular weight excluding hydrogens is 492 g/mol. The summed E-state index contributed by atoms with van der Waals surface area (Å²) in [7, 11) is 1.29. The van der Waals surface area contributed by atoms with E-state index in [1.807, 2.05) is 0 Å². The van der Waals surface area contributed by atoms with Gasteiger partial charge < -0.3 is 19.5 Å². The number of aromatic hydroxyl groups is 1. The highest BCUT2D eigenvalue weighted by atomic mass is 19.3. The van der Waals surface area contributed by atoms with E-state index in [2.05, 4.69) is 15.0 Å². The first-order valence-electron chi connectivity index (χ1n) is 11.8. The summed E-state index contributed by atoms with van der Waals surface area (Å²) in [6.45, 7) is 0.991. The minimum Gasteiger partial charge on any atom is -0.508 e. The van der Waals surface area contributed by atoms with Gasteiger partial charge in [-0.25, -0.2) is 22.5 Å². The van der Waals surface area contributed by atoms with Gasteiger partial charge in [-0.05, 0) is 60.2 Å². The highest BCUT2D eigenvalue weighted by Crippen LogP contribution is 2.49. The lowest BCUT2D eigenvalue weighted by Gasteiger charge is -2.28. The van der Waals surface area contributed by atoms with Crippen molar-refractivity contribution in [2.75, 3.05) is 25.2 Å². The largest absolute Gasteiger partial charge is 0.508 e. The van der Waals surface area contributed by atoms with Crippen molar-refractivity contribution in [3.05, 3.63) is 41.5 Å². The van der Waals surface area contributed by atoms with Crippen LogP contribution in [0.3, 0.4) is 0 Å². The maximum Gasteiger partial charge on any atom is 0.318 e. The topological polar surface area (TPSA) is 80.6 Å². The third-order valence-electron chi connectivity index (χ3n) is 6.83. The summed E-state index contributed by atoms with van der Waals surface area (Å²) in [5, 5.41) is 11.5. The molecule has 1 fully saturated rings. The van der Waals surface area contributed by atoms with Gasteiger partial charge in [0.05, 0.1) is 19.7 Å². The highest BCUT2D eigenvalue weighted by molar-refractivity contribution is 6.03. The summed E-state index contributed by atoms with van der Waals surface area (Å²) in [5.74, 6) is -1.51. The van der Waals surface area contributed by atoms with Crippen LogP contribution in [-0.4, -0.2) is 52.8 Å². The van der Waals surface area contributed by atoms with Gasteiger partial charge in [-0.3, -0.25) is 0 Å². The molecule has 2 aliphatic rings. The maximum atomic E-state index is 16.3. The van der Waals surface area contributed by atoms with Crippen LogP contribution in [0.2, 0.25) is 0 Å². The van der Waals surface area contributed by atoms with Crippen LogP contribution in [-0.2, 0) is 0 Å². The molecule has 2 aromatic carbocycles. The van der Waals surface area contributed by atoms with Crippen LogP contribution in [0.25, 0.3) is 32.9 Å². The number of phenols is 1. The Morgan fingerprint density at radius 2 is 1.92 bits per heavy atom. The molecule has 0 radical (unpaired) electrons. The van der Waals surface area contributed by atoms with Crippen LogP contribution in [0.15, 0.2) is 24.3 Å². The fourth-order valence-corrected chi connectivity index (χ4v) is 5.01. The van der Waals surface area contributed by atoms with Gasteiger partial charge in [0.25, 0.3) is 6.43 Å². The zero-order valence-corrected chi connectivity index (χ0v) is 19.9. The molecule has 192 valence electrons. The van der Waals surface area contributed by atoms with Gasteiger partial charge in [0.1, 0.15) is 40.6 Å². The standard InChI is InChI=1S/C26H22F4N4O3/c1-11-10-37-25-20-23(32-26(36-2)33-24(20)34(11)9-17(28)29)21(30)22(31-25)15-8-14(35)7-13-5-6-16(27)19(18(13)15)12-3-4-12/h5-8,11-12,17,35H,3-4,9-10H2,1-2H3/t11-/m0/s1. The zero-order chi connectivity index (χ0) is 26.0. The molecule has 3 heterocycles. The number of methoxy groups -OCH3 is 1. The minimum absolute atomic E-state index is 0.0191. The Morgan fingerprint density at radius 3 is 2.62 bits per heavy atom. The lowest BCUT2D eigenvalue weighted by Crippen LogP contribution is -2.40. The molecule has 6 rings (SSSR count). The maximum absolute atomic E-state index is 16.3. The molecule has 1 aliphatic carbocycles. The van der Waals surface area contributed by atoms with Crippen molar-refractivity contribution >= 4 is 27.5 Å². The van der Waals surface area contributed by atoms with Crippen molar-refractivity contribution in [1.82, 2.24) is 15.0 Å². The number of pyridine rings is 1. The first-order chi connectivity index (χ1) is 17.8. The third-order valence-corrected chi connectivity index (χ3v) is 6.83. The van der Waals surface area contributed by atoms with Crippen LogP contribution in [0.1, 0.15) is 31.2 Å². The number of alkyl halides is 2. The van der Waals surface area contributed by atoms with Gasteiger partial charge in [-0.2, -0.15) is 9.97 Å². The lowest BCUT2D eigenvalue weighted by molar-refractivity contribution is 0.149. The van der Waals surface area contributed by atoms with Crippen LogP contribution in [0.4, 0.5) is 23.4 Å². The van der Waals surface area contributed by atoms with E-state index in [9.17, 15) is 13.9 Å². The molecular formula is C26H22F4N4O3.